The molecule has 4 heteroatoms. The van der Waals surface area contributed by atoms with Crippen molar-refractivity contribution in [3.05, 3.63) is 42.0 Å². The van der Waals surface area contributed by atoms with Crippen LogP contribution in [0.4, 0.5) is 0 Å². The van der Waals surface area contributed by atoms with Gasteiger partial charge >= 0.3 is 0 Å². The second kappa shape index (κ2) is 4.47. The van der Waals surface area contributed by atoms with Gasteiger partial charge in [-0.25, -0.2) is 0 Å². The van der Waals surface area contributed by atoms with E-state index in [0.29, 0.717) is 0 Å². The third kappa shape index (κ3) is 2.36. The Labute approximate surface area is 120 Å². The van der Waals surface area contributed by atoms with Gasteiger partial charge in [-0.15, -0.1) is 0 Å². The first-order chi connectivity index (χ1) is 8.95. The van der Waals surface area contributed by atoms with Gasteiger partial charge in [-0.05, 0) is 43.7 Å². The first kappa shape index (κ1) is 12.9. The van der Waals surface area contributed by atoms with Crippen LogP contribution >= 0.6 is 23.5 Å². The Morgan fingerprint density at radius 1 is 0.947 bits per heavy atom. The Bertz CT molecular complexity index is 645. The van der Waals surface area contributed by atoms with E-state index in [0.717, 1.165) is 25.1 Å². The maximum atomic E-state index is 10.3. The van der Waals surface area contributed by atoms with Gasteiger partial charge in [-0.2, -0.15) is 0 Å². The molecule has 0 radical (unpaired) electrons. The number of phenols is 1. The summed E-state index contributed by atoms with van der Waals surface area (Å²) in [4.78, 5) is 4.42. The summed E-state index contributed by atoms with van der Waals surface area (Å²) in [6, 6.07) is 11.4. The van der Waals surface area contributed by atoms with E-state index in [9.17, 15) is 10.2 Å². The van der Waals surface area contributed by atoms with Crippen LogP contribution in [0.2, 0.25) is 0 Å². The number of aromatic hydroxyl groups is 1. The van der Waals surface area contributed by atoms with Crippen molar-refractivity contribution in [2.75, 3.05) is 0 Å². The number of hydrogen-bond acceptors (Lipinski definition) is 4. The van der Waals surface area contributed by atoms with Crippen molar-refractivity contribution in [1.29, 1.82) is 0 Å². The number of hydrogen-bond donors (Lipinski definition) is 2. The number of fused-ring (bicyclic) bond motifs is 2. The molecule has 0 unspecified atom stereocenters. The van der Waals surface area contributed by atoms with E-state index in [-0.39, 0.29) is 5.75 Å². The van der Waals surface area contributed by atoms with Crippen molar-refractivity contribution >= 4 is 23.5 Å². The molecule has 0 bridgehead atoms. The van der Waals surface area contributed by atoms with E-state index in [1.54, 1.807) is 49.5 Å². The largest absolute Gasteiger partial charge is 0.508 e. The fourth-order valence-electron chi connectivity index (χ4n) is 2.07. The fourth-order valence-corrected chi connectivity index (χ4v) is 4.62. The van der Waals surface area contributed by atoms with Gasteiger partial charge < -0.3 is 10.2 Å². The molecule has 0 aliphatic carbocycles. The summed E-state index contributed by atoms with van der Waals surface area (Å²) in [6.45, 7) is 3.61. The normalized spacial score (nSPS) is 13.8. The molecular formula is C15H14O2S2. The van der Waals surface area contributed by atoms with E-state index in [4.69, 9.17) is 0 Å². The van der Waals surface area contributed by atoms with E-state index < -0.39 is 5.60 Å². The van der Waals surface area contributed by atoms with Crippen LogP contribution in [0.1, 0.15) is 19.4 Å². The van der Waals surface area contributed by atoms with Crippen molar-refractivity contribution in [2.24, 2.45) is 0 Å². The third-order valence-electron chi connectivity index (χ3n) is 3.00. The second-order valence-corrected chi connectivity index (χ2v) is 7.16. The van der Waals surface area contributed by atoms with Gasteiger partial charge in [0.25, 0.3) is 0 Å². The van der Waals surface area contributed by atoms with Crippen LogP contribution in [0, 0.1) is 0 Å². The van der Waals surface area contributed by atoms with E-state index in [2.05, 4.69) is 6.07 Å². The number of aliphatic hydroxyl groups is 1. The summed E-state index contributed by atoms with van der Waals surface area (Å²) in [5, 5.41) is 19.8. The Balaban J connectivity index is 2.12. The molecule has 98 valence electrons. The number of benzene rings is 2. The summed E-state index contributed by atoms with van der Waals surface area (Å²) in [5.74, 6) is 0.286. The van der Waals surface area contributed by atoms with Gasteiger partial charge in [0, 0.05) is 19.6 Å². The molecule has 2 N–H and O–H groups in total. The van der Waals surface area contributed by atoms with Gasteiger partial charge in [-0.1, -0.05) is 35.7 Å². The molecule has 0 fully saturated rings. The van der Waals surface area contributed by atoms with Crippen molar-refractivity contribution in [2.45, 2.75) is 39.0 Å². The van der Waals surface area contributed by atoms with Crippen molar-refractivity contribution in [1.82, 2.24) is 0 Å². The molecule has 2 nitrogen and oxygen atoms in total. The minimum absolute atomic E-state index is 0.286. The highest BCUT2D eigenvalue weighted by Gasteiger charge is 2.26. The zero-order valence-electron chi connectivity index (χ0n) is 10.7. The smallest absolute Gasteiger partial charge is 0.116 e. The molecule has 3 rings (SSSR count). The maximum absolute atomic E-state index is 10.3. The van der Waals surface area contributed by atoms with E-state index >= 15 is 0 Å². The highest BCUT2D eigenvalue weighted by atomic mass is 32.2. The summed E-state index contributed by atoms with van der Waals surface area (Å²) < 4.78 is 0. The van der Waals surface area contributed by atoms with Gasteiger partial charge in [-0.3, -0.25) is 0 Å². The molecule has 1 heterocycles. The molecule has 0 amide bonds. The fraction of sp³-hybridized carbons (Fsp3) is 0.200. The molecule has 0 saturated heterocycles. The first-order valence-electron chi connectivity index (χ1n) is 6.00. The summed E-state index contributed by atoms with van der Waals surface area (Å²) in [6.07, 6.45) is 0. The van der Waals surface area contributed by atoms with Crippen LogP contribution in [0.15, 0.2) is 56.0 Å². The Hall–Kier alpha value is -1.10. The molecule has 1 aliphatic heterocycles. The van der Waals surface area contributed by atoms with Gasteiger partial charge in [0.1, 0.15) is 5.75 Å². The van der Waals surface area contributed by atoms with Crippen molar-refractivity contribution in [3.63, 3.8) is 0 Å². The second-order valence-electron chi connectivity index (χ2n) is 5.03. The lowest BCUT2D eigenvalue weighted by atomic mass is 9.98. The minimum atomic E-state index is -0.854. The van der Waals surface area contributed by atoms with Gasteiger partial charge in [0.2, 0.25) is 0 Å². The predicted octanol–water partition coefficient (Wildman–Crippen LogP) is 4.24. The zero-order valence-corrected chi connectivity index (χ0v) is 12.3. The van der Waals surface area contributed by atoms with E-state index in [1.165, 1.54) is 0 Å². The average molecular weight is 290 g/mol. The quantitative estimate of drug-likeness (QED) is 0.703. The van der Waals surface area contributed by atoms with Crippen LogP contribution in [-0.4, -0.2) is 10.2 Å². The van der Waals surface area contributed by atoms with Gasteiger partial charge in [0.15, 0.2) is 0 Å². The molecular weight excluding hydrogens is 276 g/mol. The topological polar surface area (TPSA) is 40.5 Å². The maximum Gasteiger partial charge on any atom is 0.116 e. The lowest BCUT2D eigenvalue weighted by Crippen LogP contribution is -2.17. The predicted molar refractivity (Wildman–Crippen MR) is 78.0 cm³/mol. The summed E-state index contributed by atoms with van der Waals surface area (Å²) in [5.41, 5.74) is 0.0917. The molecule has 0 atom stereocenters. The standard InChI is InChI=1S/C15H14O2S2/c1-15(2,17)10-4-3-5-12-14(10)19-11-7-6-9(16)8-13(11)18-12/h3-8,16-17H,1-2H3. The van der Waals surface area contributed by atoms with Crippen molar-refractivity contribution in [3.8, 4) is 5.75 Å². The molecule has 19 heavy (non-hydrogen) atoms. The summed E-state index contributed by atoms with van der Waals surface area (Å²) >= 11 is 3.29. The minimum Gasteiger partial charge on any atom is -0.508 e. The third-order valence-corrected chi connectivity index (χ3v) is 5.59. The average Bonchev–Trinajstić information content (AvgIpc) is 2.34. The Kier molecular flexibility index (Phi) is 3.04. The summed E-state index contributed by atoms with van der Waals surface area (Å²) in [7, 11) is 0. The van der Waals surface area contributed by atoms with Crippen molar-refractivity contribution < 1.29 is 10.2 Å². The lowest BCUT2D eigenvalue weighted by Gasteiger charge is -2.26. The number of phenolic OH excluding ortho intramolecular Hbond substituents is 1. The van der Waals surface area contributed by atoms with Crippen LogP contribution < -0.4 is 0 Å². The van der Waals surface area contributed by atoms with Crippen LogP contribution in [-0.2, 0) is 5.60 Å². The van der Waals surface area contributed by atoms with Crippen LogP contribution in [0.25, 0.3) is 0 Å². The first-order valence-corrected chi connectivity index (χ1v) is 7.63. The highest BCUT2D eigenvalue weighted by Crippen LogP contribution is 2.51. The SMILES string of the molecule is CC(C)(O)c1cccc2c1Sc1ccc(O)cc1S2. The Morgan fingerprint density at radius 3 is 2.47 bits per heavy atom. The molecule has 1 aliphatic rings. The Morgan fingerprint density at radius 2 is 1.74 bits per heavy atom. The van der Waals surface area contributed by atoms with E-state index in [1.807, 2.05) is 18.2 Å². The number of rotatable bonds is 1. The zero-order chi connectivity index (χ0) is 13.6. The van der Waals surface area contributed by atoms with Gasteiger partial charge in [0.05, 0.1) is 5.60 Å². The lowest BCUT2D eigenvalue weighted by molar-refractivity contribution is 0.0753. The van der Waals surface area contributed by atoms with Crippen LogP contribution in [0.5, 0.6) is 5.75 Å². The molecule has 2 aromatic carbocycles. The molecule has 0 aromatic heterocycles. The molecule has 0 spiro atoms. The van der Waals surface area contributed by atoms with Crippen LogP contribution in [0.3, 0.4) is 0 Å². The highest BCUT2D eigenvalue weighted by molar-refractivity contribution is 8.05. The monoisotopic (exact) mass is 290 g/mol. The molecule has 2 aromatic rings. The molecule has 0 saturated carbocycles.